The van der Waals surface area contributed by atoms with Crippen molar-refractivity contribution in [2.75, 3.05) is 13.1 Å². The van der Waals surface area contributed by atoms with Gasteiger partial charge in [-0.2, -0.15) is 12.7 Å². The number of hydrogen-bond donors (Lipinski definition) is 2. The first kappa shape index (κ1) is 7.93. The smallest absolute Gasteiger partial charge is 0.276 e. The number of hydrogen-bond acceptors (Lipinski definition) is 3. The highest BCUT2D eigenvalue weighted by atomic mass is 32.2. The van der Waals surface area contributed by atoms with E-state index in [1.54, 1.807) is 0 Å². The molecule has 1 fully saturated rings. The zero-order valence-corrected chi connectivity index (χ0v) is 6.34. The second-order valence-corrected chi connectivity index (χ2v) is 4.00. The molecule has 0 unspecified atom stereocenters. The summed E-state index contributed by atoms with van der Waals surface area (Å²) in [7, 11) is -3.48. The van der Waals surface area contributed by atoms with E-state index in [1.165, 1.54) is 4.31 Å². The Labute approximate surface area is 60.2 Å². The fraction of sp³-hybridized carbons (Fsp3) is 1.00. The minimum atomic E-state index is -3.48. The summed E-state index contributed by atoms with van der Waals surface area (Å²) in [5.41, 5.74) is 5.46. The van der Waals surface area contributed by atoms with Crippen molar-refractivity contribution in [2.24, 2.45) is 10.9 Å². The van der Waals surface area contributed by atoms with Gasteiger partial charge in [0.2, 0.25) is 0 Å². The third-order valence-electron chi connectivity index (χ3n) is 1.55. The number of nitrogens with zero attached hydrogens (tertiary/aromatic N) is 1. The fourth-order valence-electron chi connectivity index (χ4n) is 0.985. The maximum Gasteiger partial charge on any atom is 0.276 e. The SMILES string of the molecule is N[C@H]1CCN(S(N)(=O)=O)C1. The molecule has 1 atom stereocenters. The van der Waals surface area contributed by atoms with Crippen LogP contribution in [0.25, 0.3) is 0 Å². The summed E-state index contributed by atoms with van der Waals surface area (Å²) in [6.45, 7) is 0.818. The Bertz CT molecular complexity index is 213. The maximum atomic E-state index is 10.6. The van der Waals surface area contributed by atoms with Gasteiger partial charge in [0.25, 0.3) is 10.2 Å². The highest BCUT2D eigenvalue weighted by Gasteiger charge is 2.26. The van der Waals surface area contributed by atoms with Crippen LogP contribution in [0.1, 0.15) is 6.42 Å². The Morgan fingerprint density at radius 1 is 1.50 bits per heavy atom. The van der Waals surface area contributed by atoms with Crippen molar-refractivity contribution in [3.63, 3.8) is 0 Å². The van der Waals surface area contributed by atoms with Crippen LogP contribution in [0.5, 0.6) is 0 Å². The van der Waals surface area contributed by atoms with Crippen LogP contribution >= 0.6 is 0 Å². The van der Waals surface area contributed by atoms with Gasteiger partial charge in [-0.15, -0.1) is 0 Å². The molecule has 0 saturated carbocycles. The van der Waals surface area contributed by atoms with Gasteiger partial charge in [-0.3, -0.25) is 0 Å². The van der Waals surface area contributed by atoms with Gasteiger partial charge in [0.1, 0.15) is 0 Å². The number of rotatable bonds is 1. The summed E-state index contributed by atoms with van der Waals surface area (Å²) in [6.07, 6.45) is 0.705. The summed E-state index contributed by atoms with van der Waals surface area (Å²) in [6, 6.07) is -0.0432. The molecule has 1 rings (SSSR count). The molecule has 6 heteroatoms. The van der Waals surface area contributed by atoms with E-state index in [0.29, 0.717) is 19.5 Å². The summed E-state index contributed by atoms with van der Waals surface area (Å²) >= 11 is 0. The normalized spacial score (nSPS) is 29.2. The van der Waals surface area contributed by atoms with Crippen LogP contribution in [0.2, 0.25) is 0 Å². The van der Waals surface area contributed by atoms with Gasteiger partial charge in [0, 0.05) is 19.1 Å². The lowest BCUT2D eigenvalue weighted by Crippen LogP contribution is -2.36. The van der Waals surface area contributed by atoms with Gasteiger partial charge in [-0.25, -0.2) is 5.14 Å². The lowest BCUT2D eigenvalue weighted by Gasteiger charge is -2.10. The number of nitrogens with two attached hydrogens (primary N) is 2. The van der Waals surface area contributed by atoms with Crippen LogP contribution in [0, 0.1) is 0 Å². The quantitative estimate of drug-likeness (QED) is 0.481. The molecule has 0 spiro atoms. The first-order valence-electron chi connectivity index (χ1n) is 3.03. The summed E-state index contributed by atoms with van der Waals surface area (Å²) < 4.78 is 22.4. The van der Waals surface area contributed by atoms with E-state index in [-0.39, 0.29) is 6.04 Å². The molecular weight excluding hydrogens is 154 g/mol. The molecule has 1 aliphatic heterocycles. The van der Waals surface area contributed by atoms with Crippen molar-refractivity contribution in [3.05, 3.63) is 0 Å². The van der Waals surface area contributed by atoms with Crippen LogP contribution in [0.4, 0.5) is 0 Å². The molecule has 5 nitrogen and oxygen atoms in total. The molecule has 0 aromatic rings. The highest BCUT2D eigenvalue weighted by molar-refractivity contribution is 7.86. The molecule has 0 radical (unpaired) electrons. The Morgan fingerprint density at radius 2 is 2.10 bits per heavy atom. The minimum Gasteiger partial charge on any atom is -0.326 e. The Morgan fingerprint density at radius 3 is 2.30 bits per heavy atom. The largest absolute Gasteiger partial charge is 0.326 e. The van der Waals surface area contributed by atoms with Gasteiger partial charge in [0.15, 0.2) is 0 Å². The average molecular weight is 165 g/mol. The predicted molar refractivity (Wildman–Crippen MR) is 37.3 cm³/mol. The second kappa shape index (κ2) is 2.46. The Balaban J connectivity index is 2.62. The van der Waals surface area contributed by atoms with Crippen LogP contribution in [0.3, 0.4) is 0 Å². The maximum absolute atomic E-state index is 10.6. The lowest BCUT2D eigenvalue weighted by atomic mass is 10.3. The van der Waals surface area contributed by atoms with E-state index >= 15 is 0 Å². The first-order valence-corrected chi connectivity index (χ1v) is 4.54. The van der Waals surface area contributed by atoms with E-state index in [9.17, 15) is 8.42 Å². The standard InChI is InChI=1S/C4H11N3O2S/c5-4-1-2-7(3-4)10(6,8)9/h4H,1-3,5H2,(H2,6,8,9)/t4-/m0/s1. The highest BCUT2D eigenvalue weighted by Crippen LogP contribution is 2.08. The minimum absolute atomic E-state index is 0.0432. The van der Waals surface area contributed by atoms with Crippen LogP contribution in [0.15, 0.2) is 0 Å². The fourth-order valence-corrected chi connectivity index (χ4v) is 1.74. The molecule has 4 N–H and O–H groups in total. The van der Waals surface area contributed by atoms with E-state index in [4.69, 9.17) is 10.9 Å². The zero-order chi connectivity index (χ0) is 7.78. The van der Waals surface area contributed by atoms with Gasteiger partial charge in [0.05, 0.1) is 0 Å². The average Bonchev–Trinajstić information content (AvgIpc) is 2.11. The van der Waals surface area contributed by atoms with Crippen LogP contribution < -0.4 is 10.9 Å². The van der Waals surface area contributed by atoms with Gasteiger partial charge < -0.3 is 5.73 Å². The third-order valence-corrected chi connectivity index (χ3v) is 2.60. The molecule has 1 aliphatic rings. The van der Waals surface area contributed by atoms with Crippen LogP contribution in [-0.4, -0.2) is 31.9 Å². The molecule has 1 saturated heterocycles. The second-order valence-electron chi connectivity index (χ2n) is 2.45. The van der Waals surface area contributed by atoms with Gasteiger partial charge in [-0.05, 0) is 6.42 Å². The van der Waals surface area contributed by atoms with Crippen molar-refractivity contribution < 1.29 is 8.42 Å². The topological polar surface area (TPSA) is 89.4 Å². The van der Waals surface area contributed by atoms with Crippen molar-refractivity contribution in [2.45, 2.75) is 12.5 Å². The van der Waals surface area contributed by atoms with E-state index < -0.39 is 10.2 Å². The Kier molecular flexibility index (Phi) is 1.95. The molecular formula is C4H11N3O2S. The zero-order valence-electron chi connectivity index (χ0n) is 5.53. The molecule has 0 aromatic heterocycles. The molecule has 0 aliphatic carbocycles. The summed E-state index contributed by atoms with van der Waals surface area (Å²) in [4.78, 5) is 0. The van der Waals surface area contributed by atoms with Crippen molar-refractivity contribution in [1.82, 2.24) is 4.31 Å². The van der Waals surface area contributed by atoms with Crippen molar-refractivity contribution in [1.29, 1.82) is 0 Å². The van der Waals surface area contributed by atoms with Crippen molar-refractivity contribution >= 4 is 10.2 Å². The van der Waals surface area contributed by atoms with E-state index in [0.717, 1.165) is 0 Å². The van der Waals surface area contributed by atoms with Gasteiger partial charge in [-0.1, -0.05) is 0 Å². The molecule has 1 heterocycles. The Hall–Kier alpha value is -0.170. The van der Waals surface area contributed by atoms with E-state index in [1.807, 2.05) is 0 Å². The van der Waals surface area contributed by atoms with Crippen molar-refractivity contribution in [3.8, 4) is 0 Å². The summed E-state index contributed by atoms with van der Waals surface area (Å²) in [5, 5.41) is 4.85. The predicted octanol–water partition coefficient (Wildman–Crippen LogP) is -1.78. The molecule has 0 bridgehead atoms. The monoisotopic (exact) mass is 165 g/mol. The molecule has 0 aromatic carbocycles. The van der Waals surface area contributed by atoms with Gasteiger partial charge >= 0.3 is 0 Å². The third kappa shape index (κ3) is 1.66. The lowest BCUT2D eigenvalue weighted by molar-refractivity contribution is 0.474. The molecule has 0 amide bonds. The van der Waals surface area contributed by atoms with E-state index in [2.05, 4.69) is 0 Å². The molecule has 10 heavy (non-hydrogen) atoms. The summed E-state index contributed by atoms with van der Waals surface area (Å²) in [5.74, 6) is 0. The molecule has 60 valence electrons. The van der Waals surface area contributed by atoms with Crippen LogP contribution in [-0.2, 0) is 10.2 Å². The first-order chi connectivity index (χ1) is 4.50.